The lowest BCUT2D eigenvalue weighted by Gasteiger charge is -2.16. The summed E-state index contributed by atoms with van der Waals surface area (Å²) in [4.78, 5) is 18.3. The van der Waals surface area contributed by atoms with Crippen molar-refractivity contribution < 1.29 is 9.53 Å². The largest absolute Gasteiger partial charge is 0.494 e. The second kappa shape index (κ2) is 9.28. The molecule has 0 spiro atoms. The Hall–Kier alpha value is -2.28. The number of carbonyl (C=O) groups is 1. The zero-order valence-corrected chi connectivity index (χ0v) is 17.7. The van der Waals surface area contributed by atoms with Gasteiger partial charge in [-0.3, -0.25) is 0 Å². The van der Waals surface area contributed by atoms with Crippen molar-refractivity contribution >= 4 is 56.5 Å². The quantitative estimate of drug-likeness (QED) is 0.505. The summed E-state index contributed by atoms with van der Waals surface area (Å²) < 4.78 is 6.76. The number of nitrogens with one attached hydrogen (secondary N) is 1. The highest BCUT2D eigenvalue weighted by atomic mass is 35.5. The zero-order valence-electron chi connectivity index (χ0n) is 15.4. The molecule has 0 saturated carbocycles. The molecule has 8 heteroatoms. The number of amides is 2. The van der Waals surface area contributed by atoms with Gasteiger partial charge in [-0.05, 0) is 55.5 Å². The van der Waals surface area contributed by atoms with Gasteiger partial charge >= 0.3 is 6.03 Å². The smallest absolute Gasteiger partial charge is 0.321 e. The van der Waals surface area contributed by atoms with Gasteiger partial charge in [-0.1, -0.05) is 23.2 Å². The van der Waals surface area contributed by atoms with Gasteiger partial charge < -0.3 is 15.0 Å². The Labute approximate surface area is 177 Å². The first-order chi connectivity index (χ1) is 13.5. The Morgan fingerprint density at radius 1 is 1.25 bits per heavy atom. The molecule has 0 aliphatic carbocycles. The van der Waals surface area contributed by atoms with E-state index < -0.39 is 0 Å². The number of fused-ring (bicyclic) bond motifs is 1. The minimum Gasteiger partial charge on any atom is -0.494 e. The number of ether oxygens (including phenoxy) is 1. The van der Waals surface area contributed by atoms with Crippen molar-refractivity contribution in [3.8, 4) is 16.3 Å². The SMILES string of the molecule is CCOc1ccc2nc(-c3ccc(NC(=O)N(C)CC=C(Cl)Cl)cc3)sc2c1. The first kappa shape index (κ1) is 20.5. The molecule has 28 heavy (non-hydrogen) atoms. The van der Waals surface area contributed by atoms with E-state index in [0.29, 0.717) is 18.8 Å². The molecule has 3 rings (SSSR count). The molecule has 1 heterocycles. The van der Waals surface area contributed by atoms with Gasteiger partial charge in [-0.15, -0.1) is 11.3 Å². The monoisotopic (exact) mass is 435 g/mol. The Morgan fingerprint density at radius 2 is 2.00 bits per heavy atom. The molecule has 0 aliphatic rings. The summed E-state index contributed by atoms with van der Waals surface area (Å²) in [5, 5.41) is 3.75. The van der Waals surface area contributed by atoms with Crippen molar-refractivity contribution in [2.75, 3.05) is 25.5 Å². The summed E-state index contributed by atoms with van der Waals surface area (Å²) in [5.74, 6) is 0.845. The van der Waals surface area contributed by atoms with E-state index in [1.54, 1.807) is 24.5 Å². The molecule has 2 aromatic carbocycles. The van der Waals surface area contributed by atoms with Crippen molar-refractivity contribution in [1.82, 2.24) is 9.88 Å². The third kappa shape index (κ3) is 5.16. The van der Waals surface area contributed by atoms with E-state index >= 15 is 0 Å². The number of anilines is 1. The van der Waals surface area contributed by atoms with Crippen LogP contribution in [0.5, 0.6) is 5.75 Å². The molecule has 0 aliphatic heterocycles. The fraction of sp³-hybridized carbons (Fsp3) is 0.200. The maximum atomic E-state index is 12.2. The highest BCUT2D eigenvalue weighted by Crippen LogP contribution is 2.32. The summed E-state index contributed by atoms with van der Waals surface area (Å²) >= 11 is 12.8. The molecule has 1 aromatic heterocycles. The van der Waals surface area contributed by atoms with Crippen LogP contribution in [0.15, 0.2) is 53.0 Å². The summed E-state index contributed by atoms with van der Waals surface area (Å²) in [6, 6.07) is 13.2. The molecule has 0 radical (unpaired) electrons. The summed E-state index contributed by atoms with van der Waals surface area (Å²) in [7, 11) is 1.66. The number of carbonyl (C=O) groups excluding carboxylic acids is 1. The molecule has 0 fully saturated rings. The Kier molecular flexibility index (Phi) is 6.78. The molecule has 0 saturated heterocycles. The van der Waals surface area contributed by atoms with Crippen LogP contribution in [0.3, 0.4) is 0 Å². The van der Waals surface area contributed by atoms with E-state index in [0.717, 1.165) is 26.5 Å². The Balaban J connectivity index is 1.71. The molecule has 3 aromatic rings. The van der Waals surface area contributed by atoms with Crippen LogP contribution in [0, 0.1) is 0 Å². The summed E-state index contributed by atoms with van der Waals surface area (Å²) in [5.41, 5.74) is 2.62. The number of thiazole rings is 1. The first-order valence-corrected chi connectivity index (χ1v) is 10.2. The fourth-order valence-electron chi connectivity index (χ4n) is 2.49. The summed E-state index contributed by atoms with van der Waals surface area (Å²) in [6.45, 7) is 2.92. The minimum absolute atomic E-state index is 0.133. The maximum absolute atomic E-state index is 12.2. The lowest BCUT2D eigenvalue weighted by molar-refractivity contribution is 0.226. The van der Waals surface area contributed by atoms with Crippen molar-refractivity contribution in [1.29, 1.82) is 0 Å². The second-order valence-electron chi connectivity index (χ2n) is 5.96. The maximum Gasteiger partial charge on any atom is 0.321 e. The number of hydrogen-bond acceptors (Lipinski definition) is 4. The van der Waals surface area contributed by atoms with E-state index in [2.05, 4.69) is 10.3 Å². The van der Waals surface area contributed by atoms with E-state index in [4.69, 9.17) is 27.9 Å². The number of benzene rings is 2. The van der Waals surface area contributed by atoms with Crippen LogP contribution in [-0.2, 0) is 0 Å². The first-order valence-electron chi connectivity index (χ1n) is 8.63. The van der Waals surface area contributed by atoms with Gasteiger partial charge in [0.25, 0.3) is 0 Å². The normalized spacial score (nSPS) is 10.6. The highest BCUT2D eigenvalue weighted by Gasteiger charge is 2.10. The number of hydrogen-bond donors (Lipinski definition) is 1. The standard InChI is InChI=1S/C20H19Cl2N3O2S/c1-3-27-15-8-9-16-17(12-15)28-19(24-16)13-4-6-14(7-5-13)23-20(26)25(2)11-10-18(21)22/h4-10,12H,3,11H2,1-2H3,(H,23,26). The van der Waals surface area contributed by atoms with E-state index in [9.17, 15) is 4.79 Å². The predicted octanol–water partition coefficient (Wildman–Crippen LogP) is 6.14. The number of urea groups is 1. The molecular formula is C20H19Cl2N3O2S. The van der Waals surface area contributed by atoms with Crippen LogP contribution in [0.2, 0.25) is 0 Å². The summed E-state index contributed by atoms with van der Waals surface area (Å²) in [6.07, 6.45) is 1.55. The van der Waals surface area contributed by atoms with Gasteiger partial charge in [-0.25, -0.2) is 9.78 Å². The topological polar surface area (TPSA) is 54.5 Å². The van der Waals surface area contributed by atoms with Crippen molar-refractivity contribution in [3.63, 3.8) is 0 Å². The van der Waals surface area contributed by atoms with E-state index in [1.165, 1.54) is 4.90 Å². The predicted molar refractivity (Wildman–Crippen MR) is 118 cm³/mol. The van der Waals surface area contributed by atoms with Crippen LogP contribution in [0.25, 0.3) is 20.8 Å². The van der Waals surface area contributed by atoms with Crippen LogP contribution in [-0.4, -0.2) is 36.1 Å². The van der Waals surface area contributed by atoms with E-state index in [1.807, 2.05) is 49.4 Å². The molecule has 2 amide bonds. The number of aromatic nitrogens is 1. The average molecular weight is 436 g/mol. The molecule has 1 N–H and O–H groups in total. The second-order valence-corrected chi connectivity index (χ2v) is 8.00. The van der Waals surface area contributed by atoms with Crippen molar-refractivity contribution in [2.24, 2.45) is 0 Å². The van der Waals surface area contributed by atoms with Gasteiger partial charge in [0.15, 0.2) is 0 Å². The molecular weight excluding hydrogens is 417 g/mol. The fourth-order valence-corrected chi connectivity index (χ4v) is 3.63. The number of likely N-dealkylation sites (N-methyl/N-ethyl adjacent to an activating group) is 1. The van der Waals surface area contributed by atoms with E-state index in [-0.39, 0.29) is 10.5 Å². The van der Waals surface area contributed by atoms with Gasteiger partial charge in [-0.2, -0.15) is 0 Å². The molecule has 0 atom stereocenters. The Bertz CT molecular complexity index is 998. The lowest BCUT2D eigenvalue weighted by Crippen LogP contribution is -2.31. The van der Waals surface area contributed by atoms with Crippen LogP contribution in [0.4, 0.5) is 10.5 Å². The van der Waals surface area contributed by atoms with Crippen LogP contribution in [0.1, 0.15) is 6.92 Å². The zero-order chi connectivity index (χ0) is 20.1. The molecule has 5 nitrogen and oxygen atoms in total. The number of halogens is 2. The molecule has 146 valence electrons. The molecule has 0 unspecified atom stereocenters. The van der Waals surface area contributed by atoms with Gasteiger partial charge in [0.2, 0.25) is 0 Å². The highest BCUT2D eigenvalue weighted by molar-refractivity contribution is 7.21. The molecule has 0 bridgehead atoms. The van der Waals surface area contributed by atoms with Gasteiger partial charge in [0, 0.05) is 24.8 Å². The third-order valence-corrected chi connectivity index (χ3v) is 5.30. The lowest BCUT2D eigenvalue weighted by atomic mass is 10.2. The number of nitrogens with zero attached hydrogens (tertiary/aromatic N) is 2. The third-order valence-electron chi connectivity index (χ3n) is 3.92. The van der Waals surface area contributed by atoms with Crippen LogP contribution >= 0.6 is 34.5 Å². The minimum atomic E-state index is -0.248. The van der Waals surface area contributed by atoms with Crippen molar-refractivity contribution in [2.45, 2.75) is 6.92 Å². The van der Waals surface area contributed by atoms with Gasteiger partial charge in [0.05, 0.1) is 16.8 Å². The Morgan fingerprint density at radius 3 is 2.68 bits per heavy atom. The average Bonchev–Trinajstić information content (AvgIpc) is 3.10. The van der Waals surface area contributed by atoms with Crippen molar-refractivity contribution in [3.05, 3.63) is 53.0 Å². The van der Waals surface area contributed by atoms with Gasteiger partial charge in [0.1, 0.15) is 15.2 Å². The number of rotatable bonds is 6. The van der Waals surface area contributed by atoms with Crippen LogP contribution < -0.4 is 10.1 Å².